The summed E-state index contributed by atoms with van der Waals surface area (Å²) in [6, 6.07) is 3.73. The van der Waals surface area contributed by atoms with E-state index >= 15 is 0 Å². The second kappa shape index (κ2) is 3.77. The van der Waals surface area contributed by atoms with E-state index < -0.39 is 0 Å². The maximum atomic E-state index is 8.89. The Hall–Kier alpha value is -1.76. The average molecular weight is 202 g/mol. The summed E-state index contributed by atoms with van der Waals surface area (Å²) in [6.45, 7) is 3.13. The molecule has 0 saturated heterocycles. The van der Waals surface area contributed by atoms with Gasteiger partial charge in [0.1, 0.15) is 11.9 Å². The smallest absolute Gasteiger partial charge is 0.144 e. The van der Waals surface area contributed by atoms with E-state index in [0.29, 0.717) is 17.1 Å². The zero-order chi connectivity index (χ0) is 10.8. The molecule has 0 amide bonds. The number of aromatic nitrogens is 1. The van der Waals surface area contributed by atoms with Crippen molar-refractivity contribution in [2.24, 2.45) is 11.8 Å². The lowest BCUT2D eigenvalue weighted by molar-refractivity contribution is 0.784. The minimum atomic E-state index is 0.517. The summed E-state index contributed by atoms with van der Waals surface area (Å²) in [5.41, 5.74) is 6.59. The van der Waals surface area contributed by atoms with Gasteiger partial charge in [-0.15, -0.1) is 0 Å². The van der Waals surface area contributed by atoms with Crippen LogP contribution in [0.25, 0.3) is 0 Å². The van der Waals surface area contributed by atoms with E-state index in [0.717, 1.165) is 18.4 Å². The van der Waals surface area contributed by atoms with Crippen LogP contribution in [0.3, 0.4) is 0 Å². The topological polar surface area (TPSA) is 74.7 Å². The van der Waals surface area contributed by atoms with E-state index in [9.17, 15) is 0 Å². The molecule has 2 unspecified atom stereocenters. The molecule has 0 bridgehead atoms. The molecule has 1 aromatic rings. The largest absolute Gasteiger partial charge is 0.397 e. The fourth-order valence-electron chi connectivity index (χ4n) is 1.62. The van der Waals surface area contributed by atoms with Crippen LogP contribution in [0, 0.1) is 23.2 Å². The Labute approximate surface area is 89.1 Å². The van der Waals surface area contributed by atoms with Crippen molar-refractivity contribution in [1.29, 1.82) is 5.26 Å². The Morgan fingerprint density at radius 2 is 2.47 bits per heavy atom. The monoisotopic (exact) mass is 202 g/mol. The third kappa shape index (κ3) is 2.18. The van der Waals surface area contributed by atoms with Crippen LogP contribution in [-0.4, -0.2) is 11.5 Å². The summed E-state index contributed by atoms with van der Waals surface area (Å²) < 4.78 is 0. The van der Waals surface area contributed by atoms with E-state index in [1.165, 1.54) is 6.42 Å². The van der Waals surface area contributed by atoms with Crippen LogP contribution >= 0.6 is 0 Å². The van der Waals surface area contributed by atoms with Gasteiger partial charge in [0.2, 0.25) is 0 Å². The second-order valence-corrected chi connectivity index (χ2v) is 4.13. The summed E-state index contributed by atoms with van der Waals surface area (Å²) in [4.78, 5) is 4.12. The molecule has 0 spiro atoms. The molecule has 4 nitrogen and oxygen atoms in total. The first-order chi connectivity index (χ1) is 7.20. The first-order valence-corrected chi connectivity index (χ1v) is 5.10. The highest BCUT2D eigenvalue weighted by atomic mass is 15.0. The lowest BCUT2D eigenvalue weighted by atomic mass is 10.2. The number of hydrogen-bond donors (Lipinski definition) is 2. The first kappa shape index (κ1) is 9.78. The number of nitrogens with zero attached hydrogens (tertiary/aromatic N) is 2. The molecule has 1 aliphatic carbocycles. The Bertz CT molecular complexity index is 408. The van der Waals surface area contributed by atoms with E-state index in [1.54, 1.807) is 12.3 Å². The average Bonchev–Trinajstić information content (AvgIpc) is 2.92. The number of hydrogen-bond acceptors (Lipinski definition) is 4. The molecule has 1 aliphatic rings. The van der Waals surface area contributed by atoms with Gasteiger partial charge in [-0.1, -0.05) is 6.92 Å². The van der Waals surface area contributed by atoms with Crippen molar-refractivity contribution < 1.29 is 0 Å². The van der Waals surface area contributed by atoms with E-state index in [1.807, 2.05) is 0 Å². The highest BCUT2D eigenvalue weighted by molar-refractivity contribution is 5.57. The number of nitrogens with one attached hydrogen (secondary N) is 1. The SMILES string of the molecule is CC1CC1CNc1ncc(N)cc1C#N. The van der Waals surface area contributed by atoms with Crippen LogP contribution in [0.2, 0.25) is 0 Å². The van der Waals surface area contributed by atoms with Gasteiger partial charge in [0.15, 0.2) is 0 Å². The number of nitrogens with two attached hydrogens (primary N) is 1. The quantitative estimate of drug-likeness (QED) is 0.780. The molecule has 1 aromatic heterocycles. The number of anilines is 2. The van der Waals surface area contributed by atoms with Gasteiger partial charge in [-0.05, 0) is 24.3 Å². The molecule has 4 heteroatoms. The van der Waals surface area contributed by atoms with E-state index in [2.05, 4.69) is 23.3 Å². The van der Waals surface area contributed by atoms with Crippen molar-refractivity contribution in [1.82, 2.24) is 4.98 Å². The van der Waals surface area contributed by atoms with Crippen molar-refractivity contribution in [3.63, 3.8) is 0 Å². The summed E-state index contributed by atoms with van der Waals surface area (Å²) in [6.07, 6.45) is 2.84. The minimum Gasteiger partial charge on any atom is -0.397 e. The molecule has 0 radical (unpaired) electrons. The lowest BCUT2D eigenvalue weighted by Gasteiger charge is -2.06. The molecule has 3 N–H and O–H groups in total. The molecule has 2 rings (SSSR count). The van der Waals surface area contributed by atoms with Crippen LogP contribution in [0.15, 0.2) is 12.3 Å². The zero-order valence-electron chi connectivity index (χ0n) is 8.70. The van der Waals surface area contributed by atoms with Gasteiger partial charge in [-0.3, -0.25) is 0 Å². The van der Waals surface area contributed by atoms with Crippen molar-refractivity contribution in [2.75, 3.05) is 17.6 Å². The highest BCUT2D eigenvalue weighted by Crippen LogP contribution is 2.37. The molecule has 1 heterocycles. The third-order valence-corrected chi connectivity index (χ3v) is 2.84. The first-order valence-electron chi connectivity index (χ1n) is 5.10. The van der Waals surface area contributed by atoms with Gasteiger partial charge in [0.25, 0.3) is 0 Å². The molecule has 0 aliphatic heterocycles. The highest BCUT2D eigenvalue weighted by Gasteiger charge is 2.32. The Balaban J connectivity index is 2.04. The molecule has 78 valence electrons. The predicted molar refractivity (Wildman–Crippen MR) is 59.1 cm³/mol. The lowest BCUT2D eigenvalue weighted by Crippen LogP contribution is -2.08. The van der Waals surface area contributed by atoms with E-state index in [4.69, 9.17) is 11.0 Å². The number of rotatable bonds is 3. The van der Waals surface area contributed by atoms with Gasteiger partial charge in [0.05, 0.1) is 17.4 Å². The van der Waals surface area contributed by atoms with Crippen molar-refractivity contribution in [3.05, 3.63) is 17.8 Å². The molecule has 1 saturated carbocycles. The summed E-state index contributed by atoms with van der Waals surface area (Å²) in [5, 5.41) is 12.1. The van der Waals surface area contributed by atoms with Crippen LogP contribution in [-0.2, 0) is 0 Å². The molecule has 1 fully saturated rings. The van der Waals surface area contributed by atoms with Gasteiger partial charge >= 0.3 is 0 Å². The normalized spacial score (nSPS) is 23.2. The predicted octanol–water partition coefficient (Wildman–Crippen LogP) is 1.60. The fraction of sp³-hybridized carbons (Fsp3) is 0.455. The molecular weight excluding hydrogens is 188 g/mol. The van der Waals surface area contributed by atoms with Gasteiger partial charge in [-0.2, -0.15) is 5.26 Å². The van der Waals surface area contributed by atoms with Crippen LogP contribution in [0.1, 0.15) is 18.9 Å². The minimum absolute atomic E-state index is 0.517. The van der Waals surface area contributed by atoms with Crippen LogP contribution in [0.5, 0.6) is 0 Å². The maximum absolute atomic E-state index is 8.89. The van der Waals surface area contributed by atoms with Gasteiger partial charge in [0, 0.05) is 6.54 Å². The van der Waals surface area contributed by atoms with E-state index in [-0.39, 0.29) is 0 Å². The summed E-state index contributed by atoms with van der Waals surface area (Å²) >= 11 is 0. The molecule has 2 atom stereocenters. The molecule has 0 aromatic carbocycles. The standard InChI is InChI=1S/C11H14N4/c1-7-2-9(7)5-14-11-8(4-12)3-10(13)6-15-11/h3,6-7,9H,2,5,13H2,1H3,(H,14,15). The van der Waals surface area contributed by atoms with Crippen molar-refractivity contribution in [3.8, 4) is 6.07 Å². The number of nitrogen functional groups attached to an aromatic ring is 1. The van der Waals surface area contributed by atoms with Gasteiger partial charge < -0.3 is 11.1 Å². The molecular formula is C11H14N4. The van der Waals surface area contributed by atoms with Crippen molar-refractivity contribution >= 4 is 11.5 Å². The number of pyridine rings is 1. The summed E-state index contributed by atoms with van der Waals surface area (Å²) in [7, 11) is 0. The number of nitriles is 1. The van der Waals surface area contributed by atoms with Gasteiger partial charge in [-0.25, -0.2) is 4.98 Å². The second-order valence-electron chi connectivity index (χ2n) is 4.13. The Morgan fingerprint density at radius 1 is 1.73 bits per heavy atom. The Morgan fingerprint density at radius 3 is 3.07 bits per heavy atom. The summed E-state index contributed by atoms with van der Waals surface area (Å²) in [5.74, 6) is 2.18. The fourth-order valence-corrected chi connectivity index (χ4v) is 1.62. The maximum Gasteiger partial charge on any atom is 0.144 e. The van der Waals surface area contributed by atoms with Crippen molar-refractivity contribution in [2.45, 2.75) is 13.3 Å². The molecule has 15 heavy (non-hydrogen) atoms. The third-order valence-electron chi connectivity index (χ3n) is 2.84. The Kier molecular flexibility index (Phi) is 2.46. The zero-order valence-corrected chi connectivity index (χ0v) is 8.70. The van der Waals surface area contributed by atoms with Crippen LogP contribution < -0.4 is 11.1 Å². The van der Waals surface area contributed by atoms with Crippen LogP contribution in [0.4, 0.5) is 11.5 Å².